The van der Waals surface area contributed by atoms with Crippen molar-refractivity contribution in [2.45, 2.75) is 31.7 Å². The summed E-state index contributed by atoms with van der Waals surface area (Å²) in [6.45, 7) is 4.98. The van der Waals surface area contributed by atoms with Gasteiger partial charge in [0.1, 0.15) is 0 Å². The fourth-order valence-corrected chi connectivity index (χ4v) is 5.83. The van der Waals surface area contributed by atoms with Gasteiger partial charge in [-0.1, -0.05) is 42.5 Å². The van der Waals surface area contributed by atoms with E-state index in [1.54, 1.807) is 26.4 Å². The minimum atomic E-state index is -0.555. The number of anilines is 1. The SMILES string of the molecule is CCN(CCCNC(=O)C1c2cc(OC)c(OC)cc2C(=O)N2CCc3ccccc3C12)c1ccccc1. The molecule has 0 saturated carbocycles. The van der Waals surface area contributed by atoms with Gasteiger partial charge in [-0.3, -0.25) is 9.59 Å². The van der Waals surface area contributed by atoms with E-state index in [1.807, 2.05) is 41.3 Å². The number of fused-ring (bicyclic) bond motifs is 4. The quantitative estimate of drug-likeness (QED) is 0.425. The standard InChI is InChI=1S/C31H35N3O4/c1-4-33(22-12-6-5-7-13-22)17-10-16-32-30(35)28-24-19-26(37-2)27(38-3)20-25(24)31(36)34-18-15-21-11-8-9-14-23(21)29(28)34/h5-9,11-14,19-20,28-29H,4,10,15-18H2,1-3H3,(H,32,35). The van der Waals surface area contributed by atoms with Gasteiger partial charge in [0.15, 0.2) is 11.5 Å². The second-order valence-corrected chi connectivity index (χ2v) is 9.72. The average molecular weight is 514 g/mol. The number of rotatable bonds is 9. The van der Waals surface area contributed by atoms with Crippen LogP contribution in [0.2, 0.25) is 0 Å². The molecule has 2 amide bonds. The Labute approximate surface area is 224 Å². The van der Waals surface area contributed by atoms with Crippen molar-refractivity contribution in [3.05, 3.63) is 89.0 Å². The number of nitrogens with one attached hydrogen (secondary N) is 1. The molecule has 0 saturated heterocycles. The van der Waals surface area contributed by atoms with Gasteiger partial charge < -0.3 is 24.6 Å². The highest BCUT2D eigenvalue weighted by Crippen LogP contribution is 2.48. The second kappa shape index (κ2) is 11.2. The molecule has 0 fully saturated rings. The summed E-state index contributed by atoms with van der Waals surface area (Å²) >= 11 is 0. The fourth-order valence-electron chi connectivity index (χ4n) is 5.83. The van der Waals surface area contributed by atoms with Crippen LogP contribution in [-0.4, -0.2) is 57.1 Å². The molecule has 0 spiro atoms. The third-order valence-corrected chi connectivity index (χ3v) is 7.72. The Kier molecular flexibility index (Phi) is 7.54. The van der Waals surface area contributed by atoms with Crippen LogP contribution in [0.4, 0.5) is 5.69 Å². The van der Waals surface area contributed by atoms with E-state index in [9.17, 15) is 9.59 Å². The Morgan fingerprint density at radius 1 is 1.00 bits per heavy atom. The van der Waals surface area contributed by atoms with Crippen LogP contribution in [0.25, 0.3) is 0 Å². The first-order valence-corrected chi connectivity index (χ1v) is 13.3. The molecule has 0 aliphatic carbocycles. The fraction of sp³-hybridized carbons (Fsp3) is 0.355. The number of methoxy groups -OCH3 is 2. The van der Waals surface area contributed by atoms with Crippen molar-refractivity contribution in [1.82, 2.24) is 10.2 Å². The topological polar surface area (TPSA) is 71.1 Å². The first kappa shape index (κ1) is 25.6. The summed E-state index contributed by atoms with van der Waals surface area (Å²) in [7, 11) is 3.12. The van der Waals surface area contributed by atoms with Gasteiger partial charge >= 0.3 is 0 Å². The maximum absolute atomic E-state index is 13.9. The van der Waals surface area contributed by atoms with Gasteiger partial charge in [0, 0.05) is 37.4 Å². The smallest absolute Gasteiger partial charge is 0.254 e. The van der Waals surface area contributed by atoms with Gasteiger partial charge in [0.2, 0.25) is 5.91 Å². The van der Waals surface area contributed by atoms with Gasteiger partial charge in [0.05, 0.1) is 26.2 Å². The number of nitrogens with zero attached hydrogens (tertiary/aromatic N) is 2. The zero-order valence-corrected chi connectivity index (χ0v) is 22.3. The number of ether oxygens (including phenoxy) is 2. The molecule has 198 valence electrons. The summed E-state index contributed by atoms with van der Waals surface area (Å²) < 4.78 is 11.0. The van der Waals surface area contributed by atoms with Crippen molar-refractivity contribution in [2.24, 2.45) is 0 Å². The molecule has 0 aromatic heterocycles. The van der Waals surface area contributed by atoms with E-state index < -0.39 is 5.92 Å². The van der Waals surface area contributed by atoms with Crippen LogP contribution in [0.3, 0.4) is 0 Å². The first-order valence-electron chi connectivity index (χ1n) is 13.3. The molecule has 2 aliphatic rings. The number of hydrogen-bond donors (Lipinski definition) is 1. The minimum Gasteiger partial charge on any atom is -0.493 e. The highest BCUT2D eigenvalue weighted by atomic mass is 16.5. The van der Waals surface area contributed by atoms with E-state index in [2.05, 4.69) is 35.3 Å². The molecule has 2 unspecified atom stereocenters. The molecule has 5 rings (SSSR count). The Balaban J connectivity index is 1.43. The van der Waals surface area contributed by atoms with Gasteiger partial charge in [-0.15, -0.1) is 0 Å². The van der Waals surface area contributed by atoms with Crippen LogP contribution in [0.1, 0.15) is 52.4 Å². The van der Waals surface area contributed by atoms with Crippen molar-refractivity contribution in [3.63, 3.8) is 0 Å². The van der Waals surface area contributed by atoms with E-state index in [0.29, 0.717) is 35.7 Å². The maximum Gasteiger partial charge on any atom is 0.254 e. The lowest BCUT2D eigenvalue weighted by atomic mass is 9.75. The Bertz CT molecular complexity index is 1310. The van der Waals surface area contributed by atoms with Crippen LogP contribution < -0.4 is 19.7 Å². The Hall–Kier alpha value is -4.00. The van der Waals surface area contributed by atoms with Crippen LogP contribution in [0.5, 0.6) is 11.5 Å². The predicted octanol–water partition coefficient (Wildman–Crippen LogP) is 4.57. The highest BCUT2D eigenvalue weighted by Gasteiger charge is 2.46. The Morgan fingerprint density at radius 3 is 2.45 bits per heavy atom. The molecule has 2 atom stereocenters. The summed E-state index contributed by atoms with van der Waals surface area (Å²) in [6, 6.07) is 21.6. The molecule has 1 N–H and O–H groups in total. The minimum absolute atomic E-state index is 0.0778. The van der Waals surface area contributed by atoms with E-state index in [4.69, 9.17) is 9.47 Å². The predicted molar refractivity (Wildman–Crippen MR) is 148 cm³/mol. The molecular weight excluding hydrogens is 478 g/mol. The van der Waals surface area contributed by atoms with Gasteiger partial charge in [-0.2, -0.15) is 0 Å². The number of hydrogen-bond acceptors (Lipinski definition) is 5. The molecule has 3 aromatic rings. The van der Waals surface area contributed by atoms with Crippen molar-refractivity contribution in [1.29, 1.82) is 0 Å². The number of amides is 2. The lowest BCUT2D eigenvalue weighted by Gasteiger charge is -2.45. The summed E-state index contributed by atoms with van der Waals surface area (Å²) in [6.07, 6.45) is 1.57. The largest absolute Gasteiger partial charge is 0.493 e. The van der Waals surface area contributed by atoms with Crippen molar-refractivity contribution < 1.29 is 19.1 Å². The van der Waals surface area contributed by atoms with Crippen LogP contribution in [-0.2, 0) is 11.2 Å². The molecule has 38 heavy (non-hydrogen) atoms. The number of para-hydroxylation sites is 1. The second-order valence-electron chi connectivity index (χ2n) is 9.72. The van der Waals surface area contributed by atoms with E-state index in [1.165, 1.54) is 11.3 Å². The zero-order valence-electron chi connectivity index (χ0n) is 22.3. The van der Waals surface area contributed by atoms with Gasteiger partial charge in [-0.05, 0) is 60.7 Å². The van der Waals surface area contributed by atoms with E-state index in [0.717, 1.165) is 31.5 Å². The number of carbonyl (C=O) groups is 2. The van der Waals surface area contributed by atoms with Crippen molar-refractivity contribution >= 4 is 17.5 Å². The summed E-state index contributed by atoms with van der Waals surface area (Å²) in [5, 5.41) is 3.19. The molecule has 3 aromatic carbocycles. The van der Waals surface area contributed by atoms with Crippen LogP contribution in [0, 0.1) is 0 Å². The first-order chi connectivity index (χ1) is 18.6. The van der Waals surface area contributed by atoms with E-state index in [-0.39, 0.29) is 17.9 Å². The molecule has 0 bridgehead atoms. The van der Waals surface area contributed by atoms with Crippen molar-refractivity contribution in [2.75, 3.05) is 45.3 Å². The number of carbonyl (C=O) groups excluding carboxylic acids is 2. The maximum atomic E-state index is 13.9. The Morgan fingerprint density at radius 2 is 1.71 bits per heavy atom. The lowest BCUT2D eigenvalue weighted by Crippen LogP contribution is -2.50. The van der Waals surface area contributed by atoms with Gasteiger partial charge in [0.25, 0.3) is 5.91 Å². The van der Waals surface area contributed by atoms with E-state index >= 15 is 0 Å². The molecular formula is C31H35N3O4. The summed E-state index contributed by atoms with van der Waals surface area (Å²) in [5.74, 6) is 0.276. The third kappa shape index (κ3) is 4.69. The van der Waals surface area contributed by atoms with Crippen molar-refractivity contribution in [3.8, 4) is 11.5 Å². The average Bonchev–Trinajstić information content (AvgIpc) is 2.97. The van der Waals surface area contributed by atoms with Gasteiger partial charge in [-0.25, -0.2) is 0 Å². The molecule has 7 nitrogen and oxygen atoms in total. The molecule has 0 radical (unpaired) electrons. The third-order valence-electron chi connectivity index (χ3n) is 7.72. The highest BCUT2D eigenvalue weighted by molar-refractivity contribution is 6.02. The molecule has 2 aliphatic heterocycles. The number of benzene rings is 3. The zero-order chi connectivity index (χ0) is 26.6. The monoisotopic (exact) mass is 513 g/mol. The lowest BCUT2D eigenvalue weighted by molar-refractivity contribution is -0.124. The normalized spacial score (nSPS) is 17.7. The molecule has 2 heterocycles. The molecule has 7 heteroatoms. The summed E-state index contributed by atoms with van der Waals surface area (Å²) in [4.78, 5) is 31.8. The van der Waals surface area contributed by atoms with Crippen LogP contribution >= 0.6 is 0 Å². The summed E-state index contributed by atoms with van der Waals surface area (Å²) in [5.41, 5.74) is 4.58. The van der Waals surface area contributed by atoms with Crippen LogP contribution in [0.15, 0.2) is 66.7 Å².